The van der Waals surface area contributed by atoms with Crippen LogP contribution in [0.15, 0.2) is 30.7 Å². The Kier molecular flexibility index (Phi) is 3.39. The molecule has 5 heteroatoms. The number of carbonyl (C=O) groups excluding carboxylic acids is 1. The minimum absolute atomic E-state index is 0.0248. The number of imidazole rings is 1. The molecule has 1 atom stereocenters. The zero-order valence-corrected chi connectivity index (χ0v) is 9.76. The van der Waals surface area contributed by atoms with Crippen molar-refractivity contribution < 1.29 is 4.79 Å². The summed E-state index contributed by atoms with van der Waals surface area (Å²) in [5.41, 5.74) is 7.46. The van der Waals surface area contributed by atoms with Gasteiger partial charge in [0, 0.05) is 37.6 Å². The number of amides is 1. The van der Waals surface area contributed by atoms with E-state index in [-0.39, 0.29) is 11.9 Å². The first-order valence-electron chi connectivity index (χ1n) is 5.59. The maximum absolute atomic E-state index is 11.4. The molecule has 0 saturated heterocycles. The summed E-state index contributed by atoms with van der Waals surface area (Å²) in [6.07, 6.45) is 5.91. The van der Waals surface area contributed by atoms with E-state index in [1.165, 1.54) is 0 Å². The van der Waals surface area contributed by atoms with Crippen molar-refractivity contribution in [2.24, 2.45) is 5.73 Å². The van der Waals surface area contributed by atoms with Crippen LogP contribution in [0, 0.1) is 0 Å². The molecule has 0 saturated carbocycles. The Hall–Kier alpha value is -1.88. The van der Waals surface area contributed by atoms with E-state index >= 15 is 0 Å². The summed E-state index contributed by atoms with van der Waals surface area (Å²) in [6.45, 7) is 2.32. The Balaban J connectivity index is 1.96. The molecule has 2 aromatic rings. The lowest BCUT2D eigenvalue weighted by molar-refractivity contribution is -0.121. The SMILES string of the molecule is CC(N)CC(=O)NCc1ccn2ccnc2c1. The zero-order chi connectivity index (χ0) is 12.3. The molecule has 1 amide bonds. The second-order valence-electron chi connectivity index (χ2n) is 4.19. The summed E-state index contributed by atoms with van der Waals surface area (Å²) in [5.74, 6) is -0.0248. The number of nitrogens with two attached hydrogens (primary N) is 1. The van der Waals surface area contributed by atoms with Gasteiger partial charge in [0.25, 0.3) is 0 Å². The van der Waals surface area contributed by atoms with Gasteiger partial charge in [0.05, 0.1) is 0 Å². The molecule has 2 heterocycles. The third-order valence-corrected chi connectivity index (χ3v) is 2.46. The molecule has 2 rings (SSSR count). The Labute approximate surface area is 99.6 Å². The van der Waals surface area contributed by atoms with E-state index in [1.54, 1.807) is 6.20 Å². The van der Waals surface area contributed by atoms with Crippen molar-refractivity contribution in [3.05, 3.63) is 36.3 Å². The highest BCUT2D eigenvalue weighted by Crippen LogP contribution is 2.05. The predicted molar refractivity (Wildman–Crippen MR) is 65.3 cm³/mol. The molecule has 17 heavy (non-hydrogen) atoms. The Bertz CT molecular complexity index is 518. The third kappa shape index (κ3) is 3.04. The van der Waals surface area contributed by atoms with Gasteiger partial charge in [0.15, 0.2) is 0 Å². The molecule has 0 fully saturated rings. The summed E-state index contributed by atoms with van der Waals surface area (Å²) < 4.78 is 1.92. The van der Waals surface area contributed by atoms with Crippen molar-refractivity contribution in [2.45, 2.75) is 25.9 Å². The second-order valence-corrected chi connectivity index (χ2v) is 4.19. The van der Waals surface area contributed by atoms with Crippen LogP contribution < -0.4 is 11.1 Å². The average Bonchev–Trinajstić information content (AvgIpc) is 2.72. The summed E-state index contributed by atoms with van der Waals surface area (Å²) >= 11 is 0. The highest BCUT2D eigenvalue weighted by Gasteiger charge is 2.04. The zero-order valence-electron chi connectivity index (χ0n) is 9.76. The van der Waals surface area contributed by atoms with Gasteiger partial charge in [-0.15, -0.1) is 0 Å². The fourth-order valence-electron chi connectivity index (χ4n) is 1.63. The van der Waals surface area contributed by atoms with Crippen molar-refractivity contribution in [3.63, 3.8) is 0 Å². The van der Waals surface area contributed by atoms with Crippen LogP contribution in [0.2, 0.25) is 0 Å². The Morgan fingerprint density at radius 2 is 2.41 bits per heavy atom. The molecule has 0 aliphatic heterocycles. The molecule has 0 radical (unpaired) electrons. The van der Waals surface area contributed by atoms with Crippen LogP contribution in [-0.4, -0.2) is 21.3 Å². The van der Waals surface area contributed by atoms with E-state index in [2.05, 4.69) is 10.3 Å². The van der Waals surface area contributed by atoms with Gasteiger partial charge in [-0.1, -0.05) is 0 Å². The van der Waals surface area contributed by atoms with Crippen LogP contribution in [0.3, 0.4) is 0 Å². The number of hydrogen-bond donors (Lipinski definition) is 2. The first-order chi connectivity index (χ1) is 8.15. The summed E-state index contributed by atoms with van der Waals surface area (Å²) in [7, 11) is 0. The molecule has 0 bridgehead atoms. The fourth-order valence-corrected chi connectivity index (χ4v) is 1.63. The number of carbonyl (C=O) groups is 1. The standard InChI is InChI=1S/C12H16N4O/c1-9(13)6-12(17)15-8-10-2-4-16-5-3-14-11(16)7-10/h2-5,7,9H,6,8,13H2,1H3,(H,15,17). The van der Waals surface area contributed by atoms with Gasteiger partial charge >= 0.3 is 0 Å². The van der Waals surface area contributed by atoms with E-state index in [9.17, 15) is 4.79 Å². The molecule has 5 nitrogen and oxygen atoms in total. The number of fused-ring (bicyclic) bond motifs is 1. The van der Waals surface area contributed by atoms with Crippen molar-refractivity contribution in [3.8, 4) is 0 Å². The third-order valence-electron chi connectivity index (χ3n) is 2.46. The smallest absolute Gasteiger partial charge is 0.221 e. The lowest BCUT2D eigenvalue weighted by Crippen LogP contribution is -2.29. The molecule has 0 aliphatic carbocycles. The van der Waals surface area contributed by atoms with Gasteiger partial charge < -0.3 is 15.5 Å². The minimum Gasteiger partial charge on any atom is -0.352 e. The monoisotopic (exact) mass is 232 g/mol. The van der Waals surface area contributed by atoms with Crippen LogP contribution in [0.5, 0.6) is 0 Å². The molecule has 1 unspecified atom stereocenters. The molecule has 0 aromatic carbocycles. The lowest BCUT2D eigenvalue weighted by atomic mass is 10.2. The number of aromatic nitrogens is 2. The first-order valence-corrected chi connectivity index (χ1v) is 5.59. The maximum atomic E-state index is 11.4. The summed E-state index contributed by atoms with van der Waals surface area (Å²) in [5, 5.41) is 2.83. The van der Waals surface area contributed by atoms with Gasteiger partial charge in [-0.3, -0.25) is 4.79 Å². The first kappa shape index (κ1) is 11.6. The van der Waals surface area contributed by atoms with Crippen molar-refractivity contribution in [2.75, 3.05) is 0 Å². The minimum atomic E-state index is -0.107. The molecule has 0 aliphatic rings. The number of nitrogens with zero attached hydrogens (tertiary/aromatic N) is 2. The summed E-state index contributed by atoms with van der Waals surface area (Å²) in [4.78, 5) is 15.6. The van der Waals surface area contributed by atoms with E-state index in [4.69, 9.17) is 5.73 Å². The quantitative estimate of drug-likeness (QED) is 0.814. The van der Waals surface area contributed by atoms with E-state index in [0.717, 1.165) is 11.2 Å². The Morgan fingerprint density at radius 1 is 1.59 bits per heavy atom. The second kappa shape index (κ2) is 4.97. The van der Waals surface area contributed by atoms with Gasteiger partial charge in [-0.2, -0.15) is 0 Å². The number of hydrogen-bond acceptors (Lipinski definition) is 3. The predicted octanol–water partition coefficient (Wildman–Crippen LogP) is 0.688. The molecular formula is C12H16N4O. The normalized spacial score (nSPS) is 12.6. The van der Waals surface area contributed by atoms with Crippen LogP contribution in [0.4, 0.5) is 0 Å². The van der Waals surface area contributed by atoms with Gasteiger partial charge in [-0.05, 0) is 24.6 Å². The van der Waals surface area contributed by atoms with Gasteiger partial charge in [0.1, 0.15) is 5.65 Å². The van der Waals surface area contributed by atoms with Crippen molar-refractivity contribution in [1.29, 1.82) is 0 Å². The molecule has 0 spiro atoms. The lowest BCUT2D eigenvalue weighted by Gasteiger charge is -2.07. The number of pyridine rings is 1. The maximum Gasteiger partial charge on any atom is 0.221 e. The summed E-state index contributed by atoms with van der Waals surface area (Å²) in [6, 6.07) is 3.80. The van der Waals surface area contributed by atoms with Crippen LogP contribution in [0.25, 0.3) is 5.65 Å². The van der Waals surface area contributed by atoms with Gasteiger partial charge in [0.2, 0.25) is 5.91 Å². The fraction of sp³-hybridized carbons (Fsp3) is 0.333. The highest BCUT2D eigenvalue weighted by molar-refractivity contribution is 5.76. The van der Waals surface area contributed by atoms with Crippen molar-refractivity contribution in [1.82, 2.24) is 14.7 Å². The van der Waals surface area contributed by atoms with Crippen molar-refractivity contribution >= 4 is 11.6 Å². The molecule has 3 N–H and O–H groups in total. The highest BCUT2D eigenvalue weighted by atomic mass is 16.1. The topological polar surface area (TPSA) is 72.4 Å². The Morgan fingerprint density at radius 3 is 3.18 bits per heavy atom. The van der Waals surface area contributed by atoms with E-state index in [1.807, 2.05) is 35.9 Å². The number of nitrogens with one attached hydrogen (secondary N) is 1. The van der Waals surface area contributed by atoms with Crippen LogP contribution in [0.1, 0.15) is 18.9 Å². The van der Waals surface area contributed by atoms with Crippen LogP contribution >= 0.6 is 0 Å². The molecular weight excluding hydrogens is 216 g/mol. The average molecular weight is 232 g/mol. The number of rotatable bonds is 4. The molecule has 2 aromatic heterocycles. The van der Waals surface area contributed by atoms with Gasteiger partial charge in [-0.25, -0.2) is 4.98 Å². The molecule has 90 valence electrons. The largest absolute Gasteiger partial charge is 0.352 e. The van der Waals surface area contributed by atoms with E-state index in [0.29, 0.717) is 13.0 Å². The van der Waals surface area contributed by atoms with E-state index < -0.39 is 0 Å². The van der Waals surface area contributed by atoms with Crippen LogP contribution in [-0.2, 0) is 11.3 Å².